The standard InChI is InChI=1S/C14H13Cl4N9O4/c1-6-20-4-7(27(30)31)24(6)2-3-25(13(28)29)11(14(16,17)18)26-5-21-8-9(15)22-12(19)23-10(8)26/h4-5,11H,2-3H2,1H3,(H,28,29)(H2,19,22,23). The number of anilines is 1. The summed E-state index contributed by atoms with van der Waals surface area (Å²) < 4.78 is 0.206. The Bertz CT molecular complexity index is 1160. The van der Waals surface area contributed by atoms with Crippen LogP contribution < -0.4 is 5.73 Å². The molecule has 3 aromatic heterocycles. The van der Waals surface area contributed by atoms with Crippen LogP contribution in [0.1, 0.15) is 12.0 Å². The molecule has 3 N–H and O–H groups in total. The molecule has 0 spiro atoms. The number of imidazole rings is 2. The van der Waals surface area contributed by atoms with Crippen LogP contribution in [0.3, 0.4) is 0 Å². The van der Waals surface area contributed by atoms with Gasteiger partial charge in [0.05, 0.1) is 12.9 Å². The monoisotopic (exact) mass is 511 g/mol. The Morgan fingerprint density at radius 2 is 2.06 bits per heavy atom. The molecule has 3 aromatic rings. The van der Waals surface area contributed by atoms with Gasteiger partial charge in [-0.05, 0) is 4.92 Å². The Labute approximate surface area is 193 Å². The van der Waals surface area contributed by atoms with E-state index in [1.54, 1.807) is 0 Å². The normalized spacial score (nSPS) is 12.8. The van der Waals surface area contributed by atoms with Gasteiger partial charge in [0.25, 0.3) is 0 Å². The largest absolute Gasteiger partial charge is 0.465 e. The summed E-state index contributed by atoms with van der Waals surface area (Å²) in [6, 6.07) is 0. The molecular weight excluding hydrogens is 500 g/mol. The highest BCUT2D eigenvalue weighted by Gasteiger charge is 2.43. The summed E-state index contributed by atoms with van der Waals surface area (Å²) in [7, 11) is 0. The number of carbonyl (C=O) groups is 1. The zero-order chi connectivity index (χ0) is 23.1. The molecule has 0 aliphatic carbocycles. The number of rotatable bonds is 6. The fourth-order valence-electron chi connectivity index (χ4n) is 2.97. The SMILES string of the molecule is Cc1ncc([N+](=O)[O-])n1CCN(C(=O)O)C(n1cnc2c(Cl)nc(N)nc21)C(Cl)(Cl)Cl. The summed E-state index contributed by atoms with van der Waals surface area (Å²) in [5.41, 5.74) is 5.78. The van der Waals surface area contributed by atoms with Gasteiger partial charge in [0.2, 0.25) is 9.74 Å². The number of aromatic nitrogens is 6. The number of alkyl halides is 3. The average molecular weight is 513 g/mol. The predicted octanol–water partition coefficient (Wildman–Crippen LogP) is 3.02. The van der Waals surface area contributed by atoms with E-state index in [0.29, 0.717) is 5.82 Å². The maximum absolute atomic E-state index is 12.1. The first kappa shape index (κ1) is 23.1. The third kappa shape index (κ3) is 4.54. The first-order valence-electron chi connectivity index (χ1n) is 8.30. The number of aryl methyl sites for hydroxylation is 1. The maximum Gasteiger partial charge on any atom is 0.409 e. The van der Waals surface area contributed by atoms with Crippen molar-refractivity contribution in [2.24, 2.45) is 0 Å². The van der Waals surface area contributed by atoms with E-state index in [2.05, 4.69) is 19.9 Å². The second-order valence-electron chi connectivity index (χ2n) is 6.16. The Morgan fingerprint density at radius 3 is 2.65 bits per heavy atom. The number of nitro groups is 1. The van der Waals surface area contributed by atoms with Gasteiger partial charge in [-0.15, -0.1) is 0 Å². The Hall–Kier alpha value is -2.61. The van der Waals surface area contributed by atoms with Gasteiger partial charge in [0, 0.05) is 6.92 Å². The number of carboxylic acid groups (broad SMARTS) is 1. The topological polar surface area (TPSA) is 171 Å². The lowest BCUT2D eigenvalue weighted by molar-refractivity contribution is -0.392. The zero-order valence-corrected chi connectivity index (χ0v) is 18.5. The molecule has 3 heterocycles. The molecule has 1 unspecified atom stereocenters. The van der Waals surface area contributed by atoms with Gasteiger partial charge in [0.1, 0.15) is 18.3 Å². The number of amides is 1. The smallest absolute Gasteiger partial charge is 0.409 e. The number of hydrogen-bond acceptors (Lipinski definition) is 8. The van der Waals surface area contributed by atoms with E-state index in [-0.39, 0.29) is 41.2 Å². The van der Waals surface area contributed by atoms with E-state index < -0.39 is 21.0 Å². The molecule has 0 aromatic carbocycles. The lowest BCUT2D eigenvalue weighted by Crippen LogP contribution is -2.45. The molecule has 0 bridgehead atoms. The summed E-state index contributed by atoms with van der Waals surface area (Å²) in [5.74, 6) is -0.203. The molecule has 1 amide bonds. The van der Waals surface area contributed by atoms with Crippen LogP contribution in [0.2, 0.25) is 5.15 Å². The van der Waals surface area contributed by atoms with Crippen molar-refractivity contribution in [1.82, 2.24) is 34.0 Å². The minimum atomic E-state index is -2.20. The van der Waals surface area contributed by atoms with Crippen molar-refractivity contribution in [3.63, 3.8) is 0 Å². The van der Waals surface area contributed by atoms with Crippen LogP contribution in [0, 0.1) is 17.0 Å². The predicted molar refractivity (Wildman–Crippen MR) is 112 cm³/mol. The first-order chi connectivity index (χ1) is 14.4. The van der Waals surface area contributed by atoms with Crippen LogP contribution in [-0.2, 0) is 6.54 Å². The summed E-state index contributed by atoms with van der Waals surface area (Å²) in [5, 5.41) is 21.0. The molecule has 31 heavy (non-hydrogen) atoms. The van der Waals surface area contributed by atoms with Crippen LogP contribution in [0.4, 0.5) is 16.6 Å². The zero-order valence-electron chi connectivity index (χ0n) is 15.5. The second-order valence-corrected chi connectivity index (χ2v) is 8.89. The van der Waals surface area contributed by atoms with Gasteiger partial charge in [-0.3, -0.25) is 9.47 Å². The van der Waals surface area contributed by atoms with Crippen molar-refractivity contribution in [2.45, 2.75) is 23.4 Å². The van der Waals surface area contributed by atoms with Crippen LogP contribution in [0.25, 0.3) is 11.2 Å². The van der Waals surface area contributed by atoms with E-state index >= 15 is 0 Å². The van der Waals surface area contributed by atoms with Crippen molar-refractivity contribution in [3.05, 3.63) is 33.6 Å². The van der Waals surface area contributed by atoms with E-state index in [1.165, 1.54) is 22.4 Å². The molecule has 166 valence electrons. The fourth-order valence-corrected chi connectivity index (χ4v) is 3.86. The molecule has 13 nitrogen and oxygen atoms in total. The van der Waals surface area contributed by atoms with Crippen LogP contribution in [0.5, 0.6) is 0 Å². The number of nitrogen functional groups attached to an aromatic ring is 1. The number of nitrogens with zero attached hydrogens (tertiary/aromatic N) is 8. The minimum Gasteiger partial charge on any atom is -0.465 e. The van der Waals surface area contributed by atoms with Crippen molar-refractivity contribution >= 4 is 75.4 Å². The van der Waals surface area contributed by atoms with E-state index in [0.717, 1.165) is 11.1 Å². The quantitative estimate of drug-likeness (QED) is 0.218. The first-order valence-corrected chi connectivity index (χ1v) is 9.81. The highest BCUT2D eigenvalue weighted by molar-refractivity contribution is 6.68. The van der Waals surface area contributed by atoms with Gasteiger partial charge in [-0.25, -0.2) is 19.3 Å². The Kier molecular flexibility index (Phi) is 6.32. The molecule has 1 atom stereocenters. The number of hydrogen-bond donors (Lipinski definition) is 2. The molecule has 0 aliphatic rings. The van der Waals surface area contributed by atoms with Gasteiger partial charge >= 0.3 is 11.9 Å². The molecule has 0 aliphatic heterocycles. The van der Waals surface area contributed by atoms with Gasteiger partial charge in [-0.2, -0.15) is 9.97 Å². The number of halogens is 4. The van der Waals surface area contributed by atoms with Crippen LogP contribution in [0.15, 0.2) is 12.5 Å². The van der Waals surface area contributed by atoms with Gasteiger partial charge in [0.15, 0.2) is 22.8 Å². The summed E-state index contributed by atoms with van der Waals surface area (Å²) >= 11 is 24.4. The van der Waals surface area contributed by atoms with Gasteiger partial charge in [-0.1, -0.05) is 46.4 Å². The molecule has 0 fully saturated rings. The highest BCUT2D eigenvalue weighted by atomic mass is 35.6. The average Bonchev–Trinajstić information content (AvgIpc) is 3.21. The highest BCUT2D eigenvalue weighted by Crippen LogP contribution is 2.42. The van der Waals surface area contributed by atoms with Crippen LogP contribution >= 0.6 is 46.4 Å². The Morgan fingerprint density at radius 1 is 1.39 bits per heavy atom. The van der Waals surface area contributed by atoms with Crippen LogP contribution in [-0.4, -0.2) is 60.4 Å². The number of fused-ring (bicyclic) bond motifs is 1. The van der Waals surface area contributed by atoms with E-state index in [9.17, 15) is 20.0 Å². The summed E-state index contributed by atoms with van der Waals surface area (Å²) in [4.78, 5) is 39.2. The molecule has 0 saturated heterocycles. The van der Waals surface area contributed by atoms with E-state index in [4.69, 9.17) is 52.1 Å². The fraction of sp³-hybridized carbons (Fsp3) is 0.357. The molecular formula is C14H13Cl4N9O4. The van der Waals surface area contributed by atoms with Crippen molar-refractivity contribution in [1.29, 1.82) is 0 Å². The third-order valence-electron chi connectivity index (χ3n) is 4.28. The van der Waals surface area contributed by atoms with Crippen molar-refractivity contribution in [3.8, 4) is 0 Å². The van der Waals surface area contributed by atoms with Gasteiger partial charge < -0.3 is 21.0 Å². The minimum absolute atomic E-state index is 0.0323. The third-order valence-corrected chi connectivity index (χ3v) is 5.13. The lowest BCUT2D eigenvalue weighted by atomic mass is 10.4. The molecule has 0 saturated carbocycles. The maximum atomic E-state index is 12.1. The van der Waals surface area contributed by atoms with E-state index in [1.807, 2.05) is 0 Å². The van der Waals surface area contributed by atoms with Crippen molar-refractivity contribution < 1.29 is 14.8 Å². The summed E-state index contributed by atoms with van der Waals surface area (Å²) in [6.07, 6.45) is -0.698. The lowest BCUT2D eigenvalue weighted by Gasteiger charge is -2.34. The van der Waals surface area contributed by atoms with Crippen molar-refractivity contribution in [2.75, 3.05) is 12.3 Å². The second kappa shape index (κ2) is 8.49. The Balaban J connectivity index is 2.06. The molecule has 17 heteroatoms. The molecule has 0 radical (unpaired) electrons. The molecule has 3 rings (SSSR count). The number of nitrogens with two attached hydrogens (primary N) is 1. The summed E-state index contributed by atoms with van der Waals surface area (Å²) in [6.45, 7) is 1.09.